The molecule has 0 atom stereocenters. The summed E-state index contributed by atoms with van der Waals surface area (Å²) in [7, 11) is 0. The summed E-state index contributed by atoms with van der Waals surface area (Å²) in [6, 6.07) is 86.2. The zero-order valence-corrected chi connectivity index (χ0v) is 34.4. The second kappa shape index (κ2) is 14.1. The zero-order valence-electron chi connectivity index (χ0n) is 34.4. The molecule has 0 spiro atoms. The number of rotatable bonds is 6. The molecule has 0 aliphatic heterocycles. The minimum absolute atomic E-state index is 1.10. The number of para-hydroxylation sites is 4. The largest absolute Gasteiger partial charge is 0.311 e. The molecule has 0 aliphatic rings. The number of fused-ring (bicyclic) bond motifs is 15. The summed E-state index contributed by atoms with van der Waals surface area (Å²) < 4.78 is 5.01. The van der Waals surface area contributed by atoms with Crippen LogP contribution in [-0.2, 0) is 0 Å². The summed E-state index contributed by atoms with van der Waals surface area (Å²) in [5.74, 6) is 0. The standard InChI is InChI=1S/C60H39N3/c1-4-18-40(19-5-1)41-32-34-45(35-33-41)62-53-30-16-14-28-51(53)56-58-55(47-24-10-12-26-49(47)59(56)62)48-25-11-13-27-50(48)60-57(58)52-29-15-17-31-54(52)63(60)46-38-36-44(37-39-46)61(42-20-6-2-7-21-42)43-22-8-3-9-23-43/h1-39H. The summed E-state index contributed by atoms with van der Waals surface area (Å²) in [5, 5.41) is 12.6. The Labute approximate surface area is 364 Å². The lowest BCUT2D eigenvalue weighted by Crippen LogP contribution is -2.09. The van der Waals surface area contributed by atoms with Crippen molar-refractivity contribution in [3.8, 4) is 22.5 Å². The van der Waals surface area contributed by atoms with Crippen molar-refractivity contribution < 1.29 is 0 Å². The van der Waals surface area contributed by atoms with E-state index in [9.17, 15) is 0 Å². The highest BCUT2D eigenvalue weighted by Gasteiger charge is 2.26. The third-order valence-electron chi connectivity index (χ3n) is 13.0. The van der Waals surface area contributed by atoms with Crippen LogP contribution in [0.5, 0.6) is 0 Å². The van der Waals surface area contributed by atoms with Crippen LogP contribution in [0.1, 0.15) is 0 Å². The van der Waals surface area contributed by atoms with Crippen LogP contribution >= 0.6 is 0 Å². The molecule has 0 radical (unpaired) electrons. The molecule has 294 valence electrons. The summed E-state index contributed by atoms with van der Waals surface area (Å²) in [6.45, 7) is 0. The first kappa shape index (κ1) is 35.4. The number of nitrogens with zero attached hydrogens (tertiary/aromatic N) is 3. The second-order valence-corrected chi connectivity index (χ2v) is 16.4. The minimum Gasteiger partial charge on any atom is -0.311 e. The predicted molar refractivity (Wildman–Crippen MR) is 268 cm³/mol. The molecule has 13 aromatic rings. The lowest BCUT2D eigenvalue weighted by atomic mass is 9.89. The molecule has 3 heteroatoms. The van der Waals surface area contributed by atoms with E-state index in [4.69, 9.17) is 0 Å². The van der Waals surface area contributed by atoms with Gasteiger partial charge in [-0.05, 0) is 100 Å². The average molecular weight is 802 g/mol. The zero-order chi connectivity index (χ0) is 41.4. The Morgan fingerprint density at radius 1 is 0.238 bits per heavy atom. The van der Waals surface area contributed by atoms with Crippen LogP contribution in [0.3, 0.4) is 0 Å². The molecule has 3 nitrogen and oxygen atoms in total. The number of aromatic nitrogens is 2. The van der Waals surface area contributed by atoms with Gasteiger partial charge in [-0.3, -0.25) is 0 Å². The van der Waals surface area contributed by atoms with Gasteiger partial charge in [0.15, 0.2) is 0 Å². The quantitative estimate of drug-likeness (QED) is 0.153. The maximum atomic E-state index is 2.51. The summed E-state index contributed by atoms with van der Waals surface area (Å²) in [4.78, 5) is 2.32. The Balaban J connectivity index is 1.14. The van der Waals surface area contributed by atoms with Crippen LogP contribution in [0.25, 0.3) is 98.4 Å². The van der Waals surface area contributed by atoms with Crippen molar-refractivity contribution in [2.75, 3.05) is 4.90 Å². The lowest BCUT2D eigenvalue weighted by Gasteiger charge is -2.25. The van der Waals surface area contributed by atoms with Gasteiger partial charge in [0.2, 0.25) is 0 Å². The van der Waals surface area contributed by atoms with Gasteiger partial charge in [0.1, 0.15) is 0 Å². The summed E-state index contributed by atoms with van der Waals surface area (Å²) in [5.41, 5.74) is 12.8. The van der Waals surface area contributed by atoms with E-state index in [1.165, 1.54) is 87.1 Å². The van der Waals surface area contributed by atoms with E-state index in [1.807, 2.05) is 0 Å². The molecule has 0 saturated heterocycles. The first-order valence-corrected chi connectivity index (χ1v) is 21.7. The van der Waals surface area contributed by atoms with Crippen LogP contribution in [0, 0.1) is 0 Å². The first-order valence-electron chi connectivity index (χ1n) is 21.7. The van der Waals surface area contributed by atoms with Gasteiger partial charge >= 0.3 is 0 Å². The highest BCUT2D eigenvalue weighted by atomic mass is 15.1. The van der Waals surface area contributed by atoms with Crippen molar-refractivity contribution in [1.82, 2.24) is 9.13 Å². The van der Waals surface area contributed by atoms with Crippen LogP contribution in [-0.4, -0.2) is 9.13 Å². The molecule has 0 N–H and O–H groups in total. The Morgan fingerprint density at radius 3 is 1.06 bits per heavy atom. The van der Waals surface area contributed by atoms with Gasteiger partial charge < -0.3 is 14.0 Å². The van der Waals surface area contributed by atoms with Crippen molar-refractivity contribution in [2.45, 2.75) is 0 Å². The van der Waals surface area contributed by atoms with Gasteiger partial charge in [0.25, 0.3) is 0 Å². The molecule has 13 rings (SSSR count). The maximum absolute atomic E-state index is 2.51. The molecule has 2 aromatic heterocycles. The fourth-order valence-corrected chi connectivity index (χ4v) is 10.4. The molecule has 0 amide bonds. The second-order valence-electron chi connectivity index (χ2n) is 16.4. The van der Waals surface area contributed by atoms with Crippen molar-refractivity contribution in [3.05, 3.63) is 237 Å². The van der Waals surface area contributed by atoms with Crippen molar-refractivity contribution in [3.63, 3.8) is 0 Å². The van der Waals surface area contributed by atoms with Crippen LogP contribution in [0.15, 0.2) is 237 Å². The normalized spacial score (nSPS) is 11.8. The molecule has 11 aromatic carbocycles. The number of hydrogen-bond donors (Lipinski definition) is 0. The minimum atomic E-state index is 1.10. The third-order valence-corrected chi connectivity index (χ3v) is 13.0. The Kier molecular flexibility index (Phi) is 7.91. The van der Waals surface area contributed by atoms with Crippen LogP contribution < -0.4 is 4.90 Å². The van der Waals surface area contributed by atoms with E-state index in [0.29, 0.717) is 0 Å². The molecule has 0 saturated carbocycles. The molecule has 0 aliphatic carbocycles. The molecule has 0 fully saturated rings. The van der Waals surface area contributed by atoms with E-state index in [-0.39, 0.29) is 0 Å². The average Bonchev–Trinajstić information content (AvgIpc) is 3.90. The van der Waals surface area contributed by atoms with Gasteiger partial charge in [0, 0.05) is 66.1 Å². The van der Waals surface area contributed by atoms with Crippen molar-refractivity contribution in [1.29, 1.82) is 0 Å². The number of anilines is 3. The highest BCUT2D eigenvalue weighted by molar-refractivity contribution is 6.45. The Morgan fingerprint density at radius 2 is 0.587 bits per heavy atom. The van der Waals surface area contributed by atoms with Gasteiger partial charge in [-0.25, -0.2) is 0 Å². The molecular formula is C60H39N3. The predicted octanol–water partition coefficient (Wildman–Crippen LogP) is 16.5. The van der Waals surface area contributed by atoms with Gasteiger partial charge in [0.05, 0.1) is 22.1 Å². The molecule has 0 unspecified atom stereocenters. The first-order chi connectivity index (χ1) is 31.3. The maximum Gasteiger partial charge on any atom is 0.0626 e. The Bertz CT molecular complexity index is 3830. The fourth-order valence-electron chi connectivity index (χ4n) is 10.4. The molecule has 0 bridgehead atoms. The van der Waals surface area contributed by atoms with Crippen LogP contribution in [0.4, 0.5) is 17.1 Å². The van der Waals surface area contributed by atoms with E-state index < -0.39 is 0 Å². The van der Waals surface area contributed by atoms with Crippen molar-refractivity contribution in [2.24, 2.45) is 0 Å². The van der Waals surface area contributed by atoms with Gasteiger partial charge in [-0.2, -0.15) is 0 Å². The topological polar surface area (TPSA) is 13.1 Å². The van der Waals surface area contributed by atoms with Gasteiger partial charge in [-0.1, -0.05) is 164 Å². The monoisotopic (exact) mass is 801 g/mol. The molecule has 63 heavy (non-hydrogen) atoms. The smallest absolute Gasteiger partial charge is 0.0626 e. The summed E-state index contributed by atoms with van der Waals surface area (Å²) in [6.07, 6.45) is 0. The lowest BCUT2D eigenvalue weighted by molar-refractivity contribution is 1.18. The van der Waals surface area contributed by atoms with Gasteiger partial charge in [-0.15, -0.1) is 0 Å². The molecular weight excluding hydrogens is 763 g/mol. The molecule has 2 heterocycles. The van der Waals surface area contributed by atoms with Crippen LogP contribution in [0.2, 0.25) is 0 Å². The van der Waals surface area contributed by atoms with E-state index in [2.05, 4.69) is 251 Å². The SMILES string of the molecule is c1ccc(-c2ccc(-n3c4ccccc4c4c5c(c6ccccc6c43)c3ccccc3c3c5c4ccccc4n3-c3ccc(N(c4ccccc4)c4ccccc4)cc3)cc2)cc1. The summed E-state index contributed by atoms with van der Waals surface area (Å²) >= 11 is 0. The van der Waals surface area contributed by atoms with E-state index >= 15 is 0 Å². The number of benzene rings is 11. The highest BCUT2D eigenvalue weighted by Crippen LogP contribution is 2.50. The third kappa shape index (κ3) is 5.33. The fraction of sp³-hybridized carbons (Fsp3) is 0. The Hall–Kier alpha value is -8.40. The van der Waals surface area contributed by atoms with Crippen molar-refractivity contribution >= 4 is 93.0 Å². The van der Waals surface area contributed by atoms with E-state index in [0.717, 1.165) is 28.4 Å². The van der Waals surface area contributed by atoms with E-state index in [1.54, 1.807) is 0 Å². The number of hydrogen-bond acceptors (Lipinski definition) is 1.